The smallest absolute Gasteiger partial charge is 0.0303 e. The van der Waals surface area contributed by atoms with Crippen LogP contribution in [0, 0.1) is 0 Å². The lowest BCUT2D eigenvalue weighted by molar-refractivity contribution is 0.701. The molecule has 2 nitrogen and oxygen atoms in total. The lowest BCUT2D eigenvalue weighted by Crippen LogP contribution is -2.10. The highest BCUT2D eigenvalue weighted by Gasteiger charge is 1.97. The first-order valence-corrected chi connectivity index (χ1v) is 6.07. The Kier molecular flexibility index (Phi) is 3.39. The SMILES string of the molecule is Brc1csc(CNCc2cc[nH]c2)c1. The van der Waals surface area contributed by atoms with Gasteiger partial charge in [-0.3, -0.25) is 0 Å². The first-order valence-electron chi connectivity index (χ1n) is 4.40. The van der Waals surface area contributed by atoms with Gasteiger partial charge in [0, 0.05) is 40.2 Å². The molecule has 74 valence electrons. The lowest BCUT2D eigenvalue weighted by atomic mass is 10.3. The molecule has 2 N–H and O–H groups in total. The molecule has 0 fully saturated rings. The Hall–Kier alpha value is -0.580. The van der Waals surface area contributed by atoms with Crippen molar-refractivity contribution in [3.63, 3.8) is 0 Å². The number of thiophene rings is 1. The topological polar surface area (TPSA) is 27.8 Å². The van der Waals surface area contributed by atoms with E-state index in [2.05, 4.69) is 43.7 Å². The molecule has 2 heterocycles. The van der Waals surface area contributed by atoms with Gasteiger partial charge in [-0.15, -0.1) is 11.3 Å². The maximum Gasteiger partial charge on any atom is 0.0303 e. The predicted molar refractivity (Wildman–Crippen MR) is 63.4 cm³/mol. The Labute approximate surface area is 95.5 Å². The summed E-state index contributed by atoms with van der Waals surface area (Å²) in [4.78, 5) is 4.39. The Balaban J connectivity index is 1.78. The number of nitrogens with one attached hydrogen (secondary N) is 2. The van der Waals surface area contributed by atoms with E-state index in [0.717, 1.165) is 13.1 Å². The van der Waals surface area contributed by atoms with E-state index >= 15 is 0 Å². The van der Waals surface area contributed by atoms with Gasteiger partial charge in [-0.1, -0.05) is 0 Å². The summed E-state index contributed by atoms with van der Waals surface area (Å²) in [7, 11) is 0. The third-order valence-electron chi connectivity index (χ3n) is 1.91. The highest BCUT2D eigenvalue weighted by atomic mass is 79.9. The van der Waals surface area contributed by atoms with Gasteiger partial charge in [-0.25, -0.2) is 0 Å². The lowest BCUT2D eigenvalue weighted by Gasteiger charge is -1.99. The Morgan fingerprint density at radius 2 is 2.36 bits per heavy atom. The van der Waals surface area contributed by atoms with Crippen molar-refractivity contribution in [3.05, 3.63) is 44.8 Å². The van der Waals surface area contributed by atoms with Crippen molar-refractivity contribution in [1.82, 2.24) is 10.3 Å². The summed E-state index contributed by atoms with van der Waals surface area (Å²) >= 11 is 5.21. The molecule has 0 amide bonds. The molecule has 0 atom stereocenters. The molecule has 0 aliphatic heterocycles. The number of aromatic amines is 1. The van der Waals surface area contributed by atoms with Crippen molar-refractivity contribution in [2.24, 2.45) is 0 Å². The van der Waals surface area contributed by atoms with Gasteiger partial charge in [0.15, 0.2) is 0 Å². The van der Waals surface area contributed by atoms with Gasteiger partial charge >= 0.3 is 0 Å². The second-order valence-corrected chi connectivity index (χ2v) is 4.97. The minimum absolute atomic E-state index is 0.916. The van der Waals surface area contributed by atoms with Gasteiger partial charge in [0.05, 0.1) is 0 Å². The van der Waals surface area contributed by atoms with Gasteiger partial charge < -0.3 is 10.3 Å². The van der Waals surface area contributed by atoms with Gasteiger partial charge in [0.2, 0.25) is 0 Å². The molecule has 0 aliphatic carbocycles. The van der Waals surface area contributed by atoms with Crippen LogP contribution in [0.4, 0.5) is 0 Å². The third kappa shape index (κ3) is 2.70. The molecule has 2 aromatic heterocycles. The average Bonchev–Trinajstić information content (AvgIpc) is 2.77. The monoisotopic (exact) mass is 270 g/mol. The first-order chi connectivity index (χ1) is 6.84. The van der Waals surface area contributed by atoms with Crippen LogP contribution < -0.4 is 5.32 Å². The van der Waals surface area contributed by atoms with Crippen molar-refractivity contribution in [2.75, 3.05) is 0 Å². The predicted octanol–water partition coefficient (Wildman–Crippen LogP) is 3.13. The zero-order valence-corrected chi connectivity index (χ0v) is 9.99. The van der Waals surface area contributed by atoms with Gasteiger partial charge in [-0.2, -0.15) is 0 Å². The first kappa shape index (κ1) is 9.96. The number of halogens is 1. The van der Waals surface area contributed by atoms with E-state index in [1.807, 2.05) is 12.4 Å². The largest absolute Gasteiger partial charge is 0.367 e. The molecule has 0 aliphatic rings. The number of hydrogen-bond donors (Lipinski definition) is 2. The van der Waals surface area contributed by atoms with Crippen LogP contribution in [0.1, 0.15) is 10.4 Å². The second kappa shape index (κ2) is 4.77. The Morgan fingerprint density at radius 3 is 3.00 bits per heavy atom. The van der Waals surface area contributed by atoms with Crippen molar-refractivity contribution in [3.8, 4) is 0 Å². The van der Waals surface area contributed by atoms with E-state index in [-0.39, 0.29) is 0 Å². The van der Waals surface area contributed by atoms with Gasteiger partial charge in [0.25, 0.3) is 0 Å². The minimum Gasteiger partial charge on any atom is -0.367 e. The molecule has 0 bridgehead atoms. The standard InChI is InChI=1S/C10H11BrN2S/c11-9-3-10(14-7-9)6-13-5-8-1-2-12-4-8/h1-4,7,12-13H,5-6H2. The molecular formula is C10H11BrN2S. The minimum atomic E-state index is 0.916. The van der Waals surface area contributed by atoms with Crippen LogP contribution >= 0.6 is 27.3 Å². The van der Waals surface area contributed by atoms with E-state index < -0.39 is 0 Å². The fourth-order valence-corrected chi connectivity index (χ4v) is 2.67. The fraction of sp³-hybridized carbons (Fsp3) is 0.200. The number of rotatable bonds is 4. The summed E-state index contributed by atoms with van der Waals surface area (Å²) in [5.74, 6) is 0. The summed E-state index contributed by atoms with van der Waals surface area (Å²) in [6.45, 7) is 1.85. The molecule has 0 aromatic carbocycles. The van der Waals surface area contributed by atoms with Crippen LogP contribution in [-0.2, 0) is 13.1 Å². The van der Waals surface area contributed by atoms with Crippen molar-refractivity contribution in [1.29, 1.82) is 0 Å². The summed E-state index contributed by atoms with van der Waals surface area (Å²) in [6.07, 6.45) is 3.95. The average molecular weight is 271 g/mol. The number of aromatic nitrogens is 1. The van der Waals surface area contributed by atoms with Crippen LogP contribution in [0.2, 0.25) is 0 Å². The van der Waals surface area contributed by atoms with Gasteiger partial charge in [-0.05, 0) is 33.6 Å². The third-order valence-corrected chi connectivity index (χ3v) is 3.61. The summed E-state index contributed by atoms with van der Waals surface area (Å²) in [5.41, 5.74) is 1.29. The molecule has 0 spiro atoms. The molecule has 2 aromatic rings. The summed E-state index contributed by atoms with van der Waals surface area (Å²) in [6, 6.07) is 4.23. The number of H-pyrrole nitrogens is 1. The van der Waals surface area contributed by atoms with Crippen LogP contribution in [0.3, 0.4) is 0 Å². The zero-order valence-electron chi connectivity index (χ0n) is 7.59. The molecule has 0 saturated heterocycles. The normalized spacial score (nSPS) is 10.6. The summed E-state index contributed by atoms with van der Waals surface area (Å²) in [5, 5.41) is 5.49. The van der Waals surface area contributed by atoms with Crippen LogP contribution in [0.25, 0.3) is 0 Å². The van der Waals surface area contributed by atoms with Crippen LogP contribution in [0.5, 0.6) is 0 Å². The van der Waals surface area contributed by atoms with Gasteiger partial charge in [0.1, 0.15) is 0 Å². The highest BCUT2D eigenvalue weighted by molar-refractivity contribution is 9.10. The van der Waals surface area contributed by atoms with E-state index in [1.54, 1.807) is 11.3 Å². The van der Waals surface area contributed by atoms with E-state index in [4.69, 9.17) is 0 Å². The molecule has 2 rings (SSSR count). The maximum absolute atomic E-state index is 3.44. The van der Waals surface area contributed by atoms with Crippen molar-refractivity contribution in [2.45, 2.75) is 13.1 Å². The molecule has 0 radical (unpaired) electrons. The molecular weight excluding hydrogens is 260 g/mol. The van der Waals surface area contributed by atoms with E-state index in [1.165, 1.54) is 14.9 Å². The highest BCUT2D eigenvalue weighted by Crippen LogP contribution is 2.19. The zero-order chi connectivity index (χ0) is 9.80. The fourth-order valence-electron chi connectivity index (χ4n) is 1.24. The van der Waals surface area contributed by atoms with Crippen molar-refractivity contribution >= 4 is 27.3 Å². The second-order valence-electron chi connectivity index (χ2n) is 3.05. The maximum atomic E-state index is 3.44. The Morgan fingerprint density at radius 1 is 1.43 bits per heavy atom. The van der Waals surface area contributed by atoms with Crippen LogP contribution in [0.15, 0.2) is 34.4 Å². The molecule has 14 heavy (non-hydrogen) atoms. The molecule has 0 unspecified atom stereocenters. The quantitative estimate of drug-likeness (QED) is 0.878. The van der Waals surface area contributed by atoms with Crippen LogP contribution in [-0.4, -0.2) is 4.98 Å². The molecule has 4 heteroatoms. The number of hydrogen-bond acceptors (Lipinski definition) is 2. The van der Waals surface area contributed by atoms with E-state index in [9.17, 15) is 0 Å². The summed E-state index contributed by atoms with van der Waals surface area (Å²) < 4.78 is 1.17. The molecule has 0 saturated carbocycles. The van der Waals surface area contributed by atoms with E-state index in [0.29, 0.717) is 0 Å². The Bertz CT molecular complexity index is 380. The van der Waals surface area contributed by atoms with Crippen molar-refractivity contribution < 1.29 is 0 Å².